The van der Waals surface area contributed by atoms with Crippen molar-refractivity contribution >= 4 is 34.1 Å². The maximum Gasteiger partial charge on any atom is 0.169 e. The normalized spacial score (nSPS) is 19.2. The molecule has 0 spiro atoms. The molecule has 0 saturated carbocycles. The number of imidazole rings is 1. The predicted octanol–water partition coefficient (Wildman–Crippen LogP) is 2.47. The van der Waals surface area contributed by atoms with Gasteiger partial charge in [0.05, 0.1) is 19.2 Å². The molecule has 2 aliphatic heterocycles. The zero-order valence-electron chi connectivity index (χ0n) is 20.9. The third-order valence-corrected chi connectivity index (χ3v) is 7.36. The third kappa shape index (κ3) is 5.46. The fourth-order valence-electron chi connectivity index (χ4n) is 4.90. The Kier molecular flexibility index (Phi) is 7.66. The van der Waals surface area contributed by atoms with Gasteiger partial charge in [-0.25, -0.2) is 15.0 Å². The molecule has 3 aromatic rings. The van der Waals surface area contributed by atoms with Crippen LogP contribution in [0.2, 0.25) is 0 Å². The number of piperidine rings is 1. The standard InChI is InChI=1S/C25H34N8O2S/c1-17(19-5-3-4-6-26-19)35-22-14-20-18(13-21(22)34-2)24(31-16-30-20)32-9-11-33(12-10-32)25(36)29-15-23-27-7-8-28-23/h7-8,13-14,16-17,19,26H,3-6,9-12,15H2,1-2H3,(H,27,28)(H,29,36). The Morgan fingerprint density at radius 2 is 2.03 bits per heavy atom. The van der Waals surface area contributed by atoms with Crippen molar-refractivity contribution in [2.75, 3.05) is 44.7 Å². The summed E-state index contributed by atoms with van der Waals surface area (Å²) in [6.45, 7) is 6.97. The molecule has 2 atom stereocenters. The summed E-state index contributed by atoms with van der Waals surface area (Å²) in [5, 5.41) is 8.55. The van der Waals surface area contributed by atoms with Crippen LogP contribution in [-0.2, 0) is 6.54 Å². The largest absolute Gasteiger partial charge is 0.493 e. The highest BCUT2D eigenvalue weighted by atomic mass is 32.1. The molecule has 2 fully saturated rings. The quantitative estimate of drug-likeness (QED) is 0.411. The Hall–Kier alpha value is -3.18. The molecule has 11 heteroatoms. The topological polar surface area (TPSA) is 103 Å². The van der Waals surface area contributed by atoms with Crippen molar-refractivity contribution in [3.63, 3.8) is 0 Å². The van der Waals surface area contributed by atoms with Crippen molar-refractivity contribution in [3.8, 4) is 11.5 Å². The van der Waals surface area contributed by atoms with Gasteiger partial charge in [0.15, 0.2) is 16.6 Å². The monoisotopic (exact) mass is 510 g/mol. The molecule has 0 bridgehead atoms. The number of piperazine rings is 1. The molecule has 3 N–H and O–H groups in total. The molecule has 10 nitrogen and oxygen atoms in total. The number of nitrogens with zero attached hydrogens (tertiary/aromatic N) is 5. The van der Waals surface area contributed by atoms with E-state index in [2.05, 4.69) is 47.3 Å². The fraction of sp³-hybridized carbons (Fsp3) is 0.520. The van der Waals surface area contributed by atoms with Crippen LogP contribution in [0.3, 0.4) is 0 Å². The lowest BCUT2D eigenvalue weighted by Gasteiger charge is -2.37. The molecular weight excluding hydrogens is 476 g/mol. The zero-order chi connectivity index (χ0) is 24.9. The van der Waals surface area contributed by atoms with E-state index in [1.54, 1.807) is 19.6 Å². The number of methoxy groups -OCH3 is 1. The molecule has 4 heterocycles. The van der Waals surface area contributed by atoms with Gasteiger partial charge in [-0.2, -0.15) is 0 Å². The average molecular weight is 511 g/mol. The summed E-state index contributed by atoms with van der Waals surface area (Å²) < 4.78 is 12.1. The van der Waals surface area contributed by atoms with Crippen molar-refractivity contribution in [1.29, 1.82) is 0 Å². The molecule has 0 radical (unpaired) electrons. The van der Waals surface area contributed by atoms with E-state index >= 15 is 0 Å². The minimum absolute atomic E-state index is 0.0382. The van der Waals surface area contributed by atoms with Gasteiger partial charge in [0.25, 0.3) is 0 Å². The number of nitrogens with one attached hydrogen (secondary N) is 3. The van der Waals surface area contributed by atoms with Gasteiger partial charge in [0.2, 0.25) is 0 Å². The molecule has 5 rings (SSSR count). The highest BCUT2D eigenvalue weighted by Crippen LogP contribution is 2.36. The van der Waals surface area contributed by atoms with Gasteiger partial charge < -0.3 is 34.9 Å². The minimum atomic E-state index is 0.0382. The number of aromatic amines is 1. The second-order valence-electron chi connectivity index (χ2n) is 9.27. The van der Waals surface area contributed by atoms with Crippen LogP contribution < -0.4 is 25.0 Å². The molecule has 36 heavy (non-hydrogen) atoms. The molecule has 2 unspecified atom stereocenters. The van der Waals surface area contributed by atoms with Crippen LogP contribution >= 0.6 is 12.2 Å². The summed E-state index contributed by atoms with van der Waals surface area (Å²) in [6.07, 6.45) is 8.79. The van der Waals surface area contributed by atoms with Gasteiger partial charge >= 0.3 is 0 Å². The minimum Gasteiger partial charge on any atom is -0.493 e. The Morgan fingerprint density at radius 3 is 2.75 bits per heavy atom. The van der Waals surface area contributed by atoms with E-state index in [0.717, 1.165) is 66.8 Å². The number of aromatic nitrogens is 4. The van der Waals surface area contributed by atoms with E-state index in [1.165, 1.54) is 12.8 Å². The van der Waals surface area contributed by atoms with E-state index < -0.39 is 0 Å². The summed E-state index contributed by atoms with van der Waals surface area (Å²) in [5.74, 6) is 3.18. The first-order chi connectivity index (χ1) is 17.6. The van der Waals surface area contributed by atoms with Crippen LogP contribution in [-0.4, -0.2) is 81.9 Å². The van der Waals surface area contributed by atoms with Crippen molar-refractivity contribution < 1.29 is 9.47 Å². The van der Waals surface area contributed by atoms with Gasteiger partial charge in [-0.05, 0) is 44.6 Å². The first-order valence-electron chi connectivity index (χ1n) is 12.6. The number of anilines is 1. The highest BCUT2D eigenvalue weighted by Gasteiger charge is 2.25. The first kappa shape index (κ1) is 24.5. The van der Waals surface area contributed by atoms with Crippen LogP contribution in [0.15, 0.2) is 30.9 Å². The number of rotatable bonds is 7. The van der Waals surface area contributed by atoms with Crippen molar-refractivity contribution in [2.45, 2.75) is 44.9 Å². The highest BCUT2D eigenvalue weighted by molar-refractivity contribution is 7.80. The number of benzene rings is 1. The molecule has 192 valence electrons. The molecular formula is C25H34N8O2S. The summed E-state index contributed by atoms with van der Waals surface area (Å²) in [5.41, 5.74) is 0.845. The number of ether oxygens (including phenoxy) is 2. The van der Waals surface area contributed by atoms with E-state index in [9.17, 15) is 0 Å². The SMILES string of the molecule is COc1cc2c(N3CCN(C(=S)NCc4ncc[nH]4)CC3)ncnc2cc1OC(C)C1CCCCN1. The third-order valence-electron chi connectivity index (χ3n) is 6.96. The molecule has 1 aromatic carbocycles. The summed E-state index contributed by atoms with van der Waals surface area (Å²) in [7, 11) is 1.68. The summed E-state index contributed by atoms with van der Waals surface area (Å²) >= 11 is 5.60. The van der Waals surface area contributed by atoms with Crippen molar-refractivity contribution in [3.05, 3.63) is 36.7 Å². The van der Waals surface area contributed by atoms with E-state index in [4.69, 9.17) is 21.7 Å². The first-order valence-corrected chi connectivity index (χ1v) is 13.0. The lowest BCUT2D eigenvalue weighted by atomic mass is 10.0. The van der Waals surface area contributed by atoms with Crippen LogP contribution in [0, 0.1) is 0 Å². The average Bonchev–Trinajstić information content (AvgIpc) is 3.45. The number of H-pyrrole nitrogens is 1. The smallest absolute Gasteiger partial charge is 0.169 e. The number of fused-ring (bicyclic) bond motifs is 1. The maximum absolute atomic E-state index is 6.36. The number of hydrogen-bond acceptors (Lipinski definition) is 8. The Morgan fingerprint density at radius 1 is 1.17 bits per heavy atom. The van der Waals surface area contributed by atoms with E-state index in [1.807, 2.05) is 18.3 Å². The van der Waals surface area contributed by atoms with Crippen molar-refractivity contribution in [1.82, 2.24) is 35.5 Å². The van der Waals surface area contributed by atoms with Gasteiger partial charge in [0, 0.05) is 56.1 Å². The van der Waals surface area contributed by atoms with E-state index in [-0.39, 0.29) is 6.10 Å². The molecule has 0 aliphatic carbocycles. The second kappa shape index (κ2) is 11.3. The molecule has 2 aromatic heterocycles. The molecule has 2 saturated heterocycles. The van der Waals surface area contributed by atoms with Gasteiger partial charge in [-0.1, -0.05) is 6.42 Å². The number of hydrogen-bond donors (Lipinski definition) is 3. The predicted molar refractivity (Wildman–Crippen MR) is 144 cm³/mol. The molecule has 0 amide bonds. The Labute approximate surface area is 216 Å². The number of thiocarbonyl (C=S) groups is 1. The maximum atomic E-state index is 6.36. The zero-order valence-corrected chi connectivity index (χ0v) is 21.7. The Balaban J connectivity index is 1.27. The van der Waals surface area contributed by atoms with Gasteiger partial charge in [-0.3, -0.25) is 0 Å². The van der Waals surface area contributed by atoms with Crippen LogP contribution in [0.5, 0.6) is 11.5 Å². The van der Waals surface area contributed by atoms with Crippen molar-refractivity contribution in [2.24, 2.45) is 0 Å². The van der Waals surface area contributed by atoms with Crippen LogP contribution in [0.4, 0.5) is 5.82 Å². The molecule has 2 aliphatic rings. The second-order valence-corrected chi connectivity index (χ2v) is 9.65. The summed E-state index contributed by atoms with van der Waals surface area (Å²) in [4.78, 5) is 21.0. The fourth-order valence-corrected chi connectivity index (χ4v) is 5.16. The van der Waals surface area contributed by atoms with Crippen LogP contribution in [0.1, 0.15) is 32.0 Å². The summed E-state index contributed by atoms with van der Waals surface area (Å²) in [6, 6.07) is 4.32. The Bertz CT molecular complexity index is 1160. The lowest BCUT2D eigenvalue weighted by Crippen LogP contribution is -2.51. The van der Waals surface area contributed by atoms with Gasteiger partial charge in [-0.15, -0.1) is 0 Å². The van der Waals surface area contributed by atoms with Gasteiger partial charge in [0.1, 0.15) is 24.1 Å². The lowest BCUT2D eigenvalue weighted by molar-refractivity contribution is 0.148. The van der Waals surface area contributed by atoms with Crippen LogP contribution in [0.25, 0.3) is 10.9 Å². The van der Waals surface area contributed by atoms with E-state index in [0.29, 0.717) is 24.1 Å².